The maximum atomic E-state index is 12.0. The number of anilines is 2. The minimum absolute atomic E-state index is 0.00793. The van der Waals surface area contributed by atoms with E-state index in [4.69, 9.17) is 4.74 Å². The molecular weight excluding hydrogens is 344 g/mol. The molecule has 0 aliphatic heterocycles. The lowest BCUT2D eigenvalue weighted by Gasteiger charge is -2.10. The van der Waals surface area contributed by atoms with Gasteiger partial charge in [0.1, 0.15) is 5.75 Å². The number of aryl methyl sites for hydroxylation is 1. The van der Waals surface area contributed by atoms with Crippen LogP contribution in [0.3, 0.4) is 0 Å². The van der Waals surface area contributed by atoms with Crippen LogP contribution in [0.15, 0.2) is 46.9 Å². The zero-order valence-corrected chi connectivity index (χ0v) is 14.2. The van der Waals surface area contributed by atoms with Gasteiger partial charge in [-0.05, 0) is 55.0 Å². The Balaban J connectivity index is 1.79. The molecule has 0 saturated heterocycles. The topological polar surface area (TPSA) is 50.4 Å². The van der Waals surface area contributed by atoms with Crippen LogP contribution in [0.1, 0.15) is 12.0 Å². The Labute approximate surface area is 139 Å². The lowest BCUT2D eigenvalue weighted by Crippen LogP contribution is -2.16. The number of methoxy groups -OCH3 is 1. The number of benzene rings is 2. The summed E-state index contributed by atoms with van der Waals surface area (Å²) in [6.45, 7) is 2.55. The molecule has 116 valence electrons. The summed E-state index contributed by atoms with van der Waals surface area (Å²) in [5.74, 6) is 0.806. The predicted molar refractivity (Wildman–Crippen MR) is 93.6 cm³/mol. The Morgan fingerprint density at radius 3 is 2.55 bits per heavy atom. The van der Waals surface area contributed by atoms with Gasteiger partial charge in [0.05, 0.1) is 7.11 Å². The van der Waals surface area contributed by atoms with E-state index in [1.807, 2.05) is 49.4 Å². The van der Waals surface area contributed by atoms with E-state index in [2.05, 4.69) is 26.6 Å². The zero-order chi connectivity index (χ0) is 15.9. The van der Waals surface area contributed by atoms with E-state index < -0.39 is 0 Å². The van der Waals surface area contributed by atoms with E-state index in [0.29, 0.717) is 13.0 Å². The number of amides is 1. The van der Waals surface area contributed by atoms with Crippen LogP contribution in [-0.4, -0.2) is 19.6 Å². The van der Waals surface area contributed by atoms with Crippen LogP contribution < -0.4 is 15.4 Å². The quantitative estimate of drug-likeness (QED) is 0.809. The Bertz CT molecular complexity index is 642. The van der Waals surface area contributed by atoms with Crippen molar-refractivity contribution in [3.63, 3.8) is 0 Å². The molecule has 0 heterocycles. The van der Waals surface area contributed by atoms with Crippen molar-refractivity contribution in [1.29, 1.82) is 0 Å². The van der Waals surface area contributed by atoms with Crippen LogP contribution in [0.2, 0.25) is 0 Å². The van der Waals surface area contributed by atoms with E-state index in [1.54, 1.807) is 7.11 Å². The molecule has 2 N–H and O–H groups in total. The highest BCUT2D eigenvalue weighted by Gasteiger charge is 2.05. The summed E-state index contributed by atoms with van der Waals surface area (Å²) in [6.07, 6.45) is 0.404. The minimum atomic E-state index is -0.00793. The second kappa shape index (κ2) is 7.84. The molecule has 1 amide bonds. The Kier molecular flexibility index (Phi) is 5.83. The first-order valence-corrected chi connectivity index (χ1v) is 7.81. The lowest BCUT2D eigenvalue weighted by atomic mass is 10.2. The molecule has 0 radical (unpaired) electrons. The number of nitrogens with one attached hydrogen (secondary N) is 2. The molecule has 2 aromatic rings. The molecule has 0 atom stereocenters. The summed E-state index contributed by atoms with van der Waals surface area (Å²) in [5.41, 5.74) is 2.84. The highest BCUT2D eigenvalue weighted by Crippen LogP contribution is 2.20. The van der Waals surface area contributed by atoms with Gasteiger partial charge in [0.25, 0.3) is 0 Å². The first kappa shape index (κ1) is 16.4. The van der Waals surface area contributed by atoms with Gasteiger partial charge in [-0.2, -0.15) is 0 Å². The number of hydrogen-bond acceptors (Lipinski definition) is 3. The molecule has 5 heteroatoms. The van der Waals surface area contributed by atoms with E-state index >= 15 is 0 Å². The van der Waals surface area contributed by atoms with Crippen LogP contribution in [0, 0.1) is 6.92 Å². The van der Waals surface area contributed by atoms with Gasteiger partial charge in [-0.25, -0.2) is 0 Å². The Hall–Kier alpha value is -2.01. The van der Waals surface area contributed by atoms with Crippen LogP contribution in [0.25, 0.3) is 0 Å². The van der Waals surface area contributed by atoms with E-state index in [9.17, 15) is 4.79 Å². The summed E-state index contributed by atoms with van der Waals surface area (Å²) in [6, 6.07) is 13.4. The van der Waals surface area contributed by atoms with Crippen molar-refractivity contribution in [2.24, 2.45) is 0 Å². The van der Waals surface area contributed by atoms with Gasteiger partial charge >= 0.3 is 0 Å². The summed E-state index contributed by atoms with van der Waals surface area (Å²) >= 11 is 3.41. The van der Waals surface area contributed by atoms with E-state index in [1.165, 1.54) is 0 Å². The van der Waals surface area contributed by atoms with Crippen LogP contribution in [0.5, 0.6) is 5.75 Å². The fraction of sp³-hybridized carbons (Fsp3) is 0.235. The average Bonchev–Trinajstić information content (AvgIpc) is 2.51. The second-order valence-corrected chi connectivity index (χ2v) is 5.83. The lowest BCUT2D eigenvalue weighted by molar-refractivity contribution is -0.115. The second-order valence-electron chi connectivity index (χ2n) is 4.91. The molecule has 0 fully saturated rings. The first-order chi connectivity index (χ1) is 10.6. The first-order valence-electron chi connectivity index (χ1n) is 7.02. The fourth-order valence-corrected chi connectivity index (χ4v) is 2.48. The fourth-order valence-electron chi connectivity index (χ4n) is 2.01. The molecule has 22 heavy (non-hydrogen) atoms. The van der Waals surface area contributed by atoms with Crippen molar-refractivity contribution in [2.75, 3.05) is 24.3 Å². The highest BCUT2D eigenvalue weighted by molar-refractivity contribution is 9.10. The molecular formula is C17H19BrN2O2. The zero-order valence-electron chi connectivity index (χ0n) is 12.7. The molecule has 0 aromatic heterocycles. The number of halogens is 1. The van der Waals surface area contributed by atoms with Gasteiger partial charge < -0.3 is 15.4 Å². The number of rotatable bonds is 6. The smallest absolute Gasteiger partial charge is 0.226 e. The Morgan fingerprint density at radius 2 is 1.91 bits per heavy atom. The third-order valence-electron chi connectivity index (χ3n) is 3.23. The maximum absolute atomic E-state index is 12.0. The monoisotopic (exact) mass is 362 g/mol. The molecule has 0 unspecified atom stereocenters. The predicted octanol–water partition coefficient (Wildman–Crippen LogP) is 4.21. The molecule has 0 aliphatic rings. The average molecular weight is 363 g/mol. The standard InChI is InChI=1S/C17H19BrN2O2/c1-12-11-13(18)3-8-16(12)20-17(21)9-10-19-14-4-6-15(22-2)7-5-14/h3-8,11,19H,9-10H2,1-2H3,(H,20,21). The van der Waals surface area contributed by atoms with Crippen molar-refractivity contribution in [2.45, 2.75) is 13.3 Å². The van der Waals surface area contributed by atoms with Crippen molar-refractivity contribution >= 4 is 33.2 Å². The van der Waals surface area contributed by atoms with E-state index in [0.717, 1.165) is 27.2 Å². The van der Waals surface area contributed by atoms with Gasteiger partial charge in [0.15, 0.2) is 0 Å². The van der Waals surface area contributed by atoms with Crippen LogP contribution in [0.4, 0.5) is 11.4 Å². The Morgan fingerprint density at radius 1 is 1.18 bits per heavy atom. The number of carbonyl (C=O) groups excluding carboxylic acids is 1. The van der Waals surface area contributed by atoms with Gasteiger partial charge in [-0.3, -0.25) is 4.79 Å². The van der Waals surface area contributed by atoms with Crippen LogP contribution in [-0.2, 0) is 4.79 Å². The van der Waals surface area contributed by atoms with Crippen molar-refractivity contribution in [3.8, 4) is 5.75 Å². The summed E-state index contributed by atoms with van der Waals surface area (Å²) in [4.78, 5) is 12.0. The highest BCUT2D eigenvalue weighted by atomic mass is 79.9. The number of ether oxygens (including phenoxy) is 1. The molecule has 2 aromatic carbocycles. The molecule has 4 nitrogen and oxygen atoms in total. The number of carbonyl (C=O) groups is 1. The third-order valence-corrected chi connectivity index (χ3v) is 3.73. The molecule has 0 aliphatic carbocycles. The maximum Gasteiger partial charge on any atom is 0.226 e. The summed E-state index contributed by atoms with van der Waals surface area (Å²) in [7, 11) is 1.64. The minimum Gasteiger partial charge on any atom is -0.497 e. The normalized spacial score (nSPS) is 10.1. The van der Waals surface area contributed by atoms with Gasteiger partial charge in [-0.1, -0.05) is 15.9 Å². The molecule has 0 saturated carbocycles. The van der Waals surface area contributed by atoms with Crippen LogP contribution >= 0.6 is 15.9 Å². The van der Waals surface area contributed by atoms with E-state index in [-0.39, 0.29) is 5.91 Å². The van der Waals surface area contributed by atoms with Crippen molar-refractivity contribution in [3.05, 3.63) is 52.5 Å². The van der Waals surface area contributed by atoms with Gasteiger partial charge in [-0.15, -0.1) is 0 Å². The number of hydrogen-bond donors (Lipinski definition) is 2. The summed E-state index contributed by atoms with van der Waals surface area (Å²) < 4.78 is 6.11. The van der Waals surface area contributed by atoms with Gasteiger partial charge in [0.2, 0.25) is 5.91 Å². The molecule has 0 bridgehead atoms. The van der Waals surface area contributed by atoms with Gasteiger partial charge in [0, 0.05) is 28.8 Å². The summed E-state index contributed by atoms with van der Waals surface area (Å²) in [5, 5.41) is 6.13. The van der Waals surface area contributed by atoms with Crippen molar-refractivity contribution in [1.82, 2.24) is 0 Å². The molecule has 2 rings (SSSR count). The SMILES string of the molecule is COc1ccc(NCCC(=O)Nc2ccc(Br)cc2C)cc1. The molecule has 0 spiro atoms. The third kappa shape index (κ3) is 4.77. The largest absolute Gasteiger partial charge is 0.497 e. The van der Waals surface area contributed by atoms with Crippen molar-refractivity contribution < 1.29 is 9.53 Å².